The van der Waals surface area contributed by atoms with Crippen LogP contribution in [0, 0.1) is 0 Å². The number of aliphatic hydroxyl groups is 1. The number of rotatable bonds is 3. The molecule has 2 heterocycles. The van der Waals surface area contributed by atoms with Gasteiger partial charge >= 0.3 is 0 Å². The van der Waals surface area contributed by atoms with E-state index in [2.05, 4.69) is 6.07 Å². The minimum absolute atomic E-state index is 0.375. The Bertz CT molecular complexity index is 508. The molecular weight excluding hydrogens is 272 g/mol. The molecule has 0 saturated heterocycles. The van der Waals surface area contributed by atoms with Crippen LogP contribution in [0.2, 0.25) is 4.34 Å². The lowest BCUT2D eigenvalue weighted by atomic mass is 10.1. The summed E-state index contributed by atoms with van der Waals surface area (Å²) in [6.45, 7) is 0. The predicted octanol–water partition coefficient (Wildman–Crippen LogP) is 4.23. The molecule has 0 amide bonds. The van der Waals surface area contributed by atoms with E-state index < -0.39 is 0 Å². The first-order valence-electron chi connectivity index (χ1n) is 5.76. The topological polar surface area (TPSA) is 20.2 Å². The van der Waals surface area contributed by atoms with E-state index in [1.807, 2.05) is 12.1 Å². The monoisotopic (exact) mass is 284 g/mol. The van der Waals surface area contributed by atoms with E-state index in [4.69, 9.17) is 11.6 Å². The van der Waals surface area contributed by atoms with Crippen molar-refractivity contribution in [1.82, 2.24) is 0 Å². The molecule has 0 fully saturated rings. The van der Waals surface area contributed by atoms with E-state index in [-0.39, 0.29) is 6.10 Å². The molecule has 17 heavy (non-hydrogen) atoms. The van der Waals surface area contributed by atoms with E-state index >= 15 is 0 Å². The van der Waals surface area contributed by atoms with Crippen molar-refractivity contribution in [2.45, 2.75) is 31.8 Å². The molecule has 1 N–H and O–H groups in total. The molecule has 1 unspecified atom stereocenters. The first kappa shape index (κ1) is 11.7. The third kappa shape index (κ3) is 2.43. The highest BCUT2D eigenvalue weighted by molar-refractivity contribution is 7.16. The number of hydrogen-bond acceptors (Lipinski definition) is 3. The predicted molar refractivity (Wildman–Crippen MR) is 74.3 cm³/mol. The Kier molecular flexibility index (Phi) is 3.26. The number of aliphatic hydroxyl groups excluding tert-OH is 1. The second kappa shape index (κ2) is 4.73. The van der Waals surface area contributed by atoms with Gasteiger partial charge in [-0.1, -0.05) is 11.6 Å². The standard InChI is InChI=1S/C13H13ClOS2/c14-13-5-4-9(16-13)7-10(15)12-6-8-2-1-3-11(8)17-12/h4-6,10,15H,1-3,7H2. The van der Waals surface area contributed by atoms with Crippen LogP contribution < -0.4 is 0 Å². The molecule has 0 aliphatic heterocycles. The third-order valence-electron chi connectivity index (χ3n) is 3.12. The smallest absolute Gasteiger partial charge is 0.0931 e. The van der Waals surface area contributed by atoms with Crippen molar-refractivity contribution in [1.29, 1.82) is 0 Å². The number of halogens is 1. The van der Waals surface area contributed by atoms with Crippen LogP contribution in [-0.2, 0) is 19.3 Å². The zero-order valence-electron chi connectivity index (χ0n) is 9.28. The Morgan fingerprint density at radius 2 is 2.18 bits per heavy atom. The molecule has 2 aromatic rings. The Balaban J connectivity index is 1.75. The molecular formula is C13H13ClOS2. The summed E-state index contributed by atoms with van der Waals surface area (Å²) in [6.07, 6.45) is 3.95. The summed E-state index contributed by atoms with van der Waals surface area (Å²) >= 11 is 9.22. The van der Waals surface area contributed by atoms with Gasteiger partial charge in [0, 0.05) is 21.1 Å². The fraction of sp³-hybridized carbons (Fsp3) is 0.385. The highest BCUT2D eigenvalue weighted by atomic mass is 35.5. The van der Waals surface area contributed by atoms with Crippen LogP contribution in [0.4, 0.5) is 0 Å². The lowest BCUT2D eigenvalue weighted by Gasteiger charge is -2.06. The largest absolute Gasteiger partial charge is 0.387 e. The Labute approximate surface area is 114 Å². The van der Waals surface area contributed by atoms with Gasteiger partial charge in [0.05, 0.1) is 10.4 Å². The third-order valence-corrected chi connectivity index (χ3v) is 5.71. The summed E-state index contributed by atoms with van der Waals surface area (Å²) in [5.41, 5.74) is 1.45. The number of fused-ring (bicyclic) bond motifs is 1. The lowest BCUT2D eigenvalue weighted by Crippen LogP contribution is -1.97. The fourth-order valence-corrected chi connectivity index (χ4v) is 4.64. The molecule has 1 nitrogen and oxygen atoms in total. The first-order valence-corrected chi connectivity index (χ1v) is 7.77. The van der Waals surface area contributed by atoms with Crippen LogP contribution in [-0.4, -0.2) is 5.11 Å². The second-order valence-corrected chi connectivity index (χ2v) is 7.34. The van der Waals surface area contributed by atoms with Crippen LogP contribution >= 0.6 is 34.3 Å². The quantitative estimate of drug-likeness (QED) is 0.894. The minimum atomic E-state index is -0.375. The molecule has 0 radical (unpaired) electrons. The van der Waals surface area contributed by atoms with Gasteiger partial charge in [-0.2, -0.15) is 0 Å². The van der Waals surface area contributed by atoms with Gasteiger partial charge in [0.25, 0.3) is 0 Å². The number of aryl methyl sites for hydroxylation is 2. The van der Waals surface area contributed by atoms with E-state index in [1.54, 1.807) is 22.7 Å². The van der Waals surface area contributed by atoms with Gasteiger partial charge in [-0.25, -0.2) is 0 Å². The molecule has 1 aliphatic rings. The molecule has 0 aromatic carbocycles. The average molecular weight is 285 g/mol. The highest BCUT2D eigenvalue weighted by Crippen LogP contribution is 2.35. The zero-order chi connectivity index (χ0) is 11.8. The maximum atomic E-state index is 10.2. The van der Waals surface area contributed by atoms with Gasteiger partial charge in [0.2, 0.25) is 0 Å². The van der Waals surface area contributed by atoms with Crippen LogP contribution in [0.25, 0.3) is 0 Å². The van der Waals surface area contributed by atoms with Crippen molar-refractivity contribution < 1.29 is 5.11 Å². The van der Waals surface area contributed by atoms with Crippen molar-refractivity contribution in [2.75, 3.05) is 0 Å². The summed E-state index contributed by atoms with van der Waals surface area (Å²) in [6, 6.07) is 6.08. The first-order chi connectivity index (χ1) is 8.22. The Morgan fingerprint density at radius 1 is 1.29 bits per heavy atom. The van der Waals surface area contributed by atoms with E-state index in [9.17, 15) is 5.11 Å². The average Bonchev–Trinajstić information content (AvgIpc) is 2.92. The number of hydrogen-bond donors (Lipinski definition) is 1. The van der Waals surface area contributed by atoms with Gasteiger partial charge < -0.3 is 5.11 Å². The molecule has 2 aromatic heterocycles. The zero-order valence-corrected chi connectivity index (χ0v) is 11.7. The van der Waals surface area contributed by atoms with E-state index in [0.717, 1.165) is 14.1 Å². The van der Waals surface area contributed by atoms with Gasteiger partial charge in [-0.05, 0) is 43.0 Å². The molecule has 3 rings (SSSR count). The minimum Gasteiger partial charge on any atom is -0.387 e. The van der Waals surface area contributed by atoms with Gasteiger partial charge in [0.1, 0.15) is 0 Å². The molecule has 0 spiro atoms. The second-order valence-electron chi connectivity index (χ2n) is 4.38. The molecule has 0 bridgehead atoms. The van der Waals surface area contributed by atoms with Gasteiger partial charge in [0.15, 0.2) is 0 Å². The van der Waals surface area contributed by atoms with Crippen LogP contribution in [0.15, 0.2) is 18.2 Å². The van der Waals surface area contributed by atoms with Crippen molar-refractivity contribution in [3.63, 3.8) is 0 Å². The molecule has 1 aliphatic carbocycles. The van der Waals surface area contributed by atoms with Crippen LogP contribution in [0.5, 0.6) is 0 Å². The fourth-order valence-electron chi connectivity index (χ4n) is 2.27. The van der Waals surface area contributed by atoms with Crippen molar-refractivity contribution >= 4 is 34.3 Å². The number of thiophene rings is 2. The summed E-state index contributed by atoms with van der Waals surface area (Å²) < 4.78 is 0.792. The van der Waals surface area contributed by atoms with Crippen molar-refractivity contribution in [3.8, 4) is 0 Å². The maximum absolute atomic E-state index is 10.2. The molecule has 90 valence electrons. The summed E-state index contributed by atoms with van der Waals surface area (Å²) in [4.78, 5) is 3.73. The Hall–Kier alpha value is -0.350. The summed E-state index contributed by atoms with van der Waals surface area (Å²) in [7, 11) is 0. The molecule has 1 atom stereocenters. The Morgan fingerprint density at radius 3 is 2.88 bits per heavy atom. The lowest BCUT2D eigenvalue weighted by molar-refractivity contribution is 0.183. The van der Waals surface area contributed by atoms with Gasteiger partial charge in [-0.3, -0.25) is 0 Å². The van der Waals surface area contributed by atoms with Crippen LogP contribution in [0.3, 0.4) is 0 Å². The normalized spacial score (nSPS) is 16.1. The van der Waals surface area contributed by atoms with Crippen LogP contribution in [0.1, 0.15) is 32.7 Å². The van der Waals surface area contributed by atoms with Crippen molar-refractivity contribution in [3.05, 3.63) is 42.7 Å². The molecule has 4 heteroatoms. The van der Waals surface area contributed by atoms with Gasteiger partial charge in [-0.15, -0.1) is 22.7 Å². The maximum Gasteiger partial charge on any atom is 0.0931 e. The van der Waals surface area contributed by atoms with E-state index in [1.165, 1.54) is 29.7 Å². The summed E-state index contributed by atoms with van der Waals surface area (Å²) in [5.74, 6) is 0. The highest BCUT2D eigenvalue weighted by Gasteiger charge is 2.19. The van der Waals surface area contributed by atoms with Crippen molar-refractivity contribution in [2.24, 2.45) is 0 Å². The summed E-state index contributed by atoms with van der Waals surface area (Å²) in [5, 5.41) is 10.2. The SMILES string of the molecule is OC(Cc1ccc(Cl)s1)c1cc2c(s1)CCC2. The van der Waals surface area contributed by atoms with E-state index in [0.29, 0.717) is 6.42 Å². The molecule has 0 saturated carbocycles.